The number of carboxylic acids is 1. The van der Waals surface area contributed by atoms with Crippen molar-refractivity contribution in [1.29, 1.82) is 0 Å². The summed E-state index contributed by atoms with van der Waals surface area (Å²) in [6, 6.07) is 3.37. The summed E-state index contributed by atoms with van der Waals surface area (Å²) in [7, 11) is 0. The highest BCUT2D eigenvalue weighted by atomic mass is 16.4. The average Bonchev–Trinajstić information content (AvgIpc) is 2.71. The highest BCUT2D eigenvalue weighted by Gasteiger charge is 2.13. The maximum absolute atomic E-state index is 10.9. The van der Waals surface area contributed by atoms with Crippen LogP contribution in [0.2, 0.25) is 0 Å². The van der Waals surface area contributed by atoms with Crippen molar-refractivity contribution in [3.05, 3.63) is 46.9 Å². The molecule has 0 spiro atoms. The summed E-state index contributed by atoms with van der Waals surface area (Å²) in [6.07, 6.45) is 1.71. The summed E-state index contributed by atoms with van der Waals surface area (Å²) in [5, 5.41) is 12.1. The first-order chi connectivity index (χ1) is 9.06. The van der Waals surface area contributed by atoms with Gasteiger partial charge in [0.1, 0.15) is 22.9 Å². The molecule has 0 unspecified atom stereocenters. The van der Waals surface area contributed by atoms with Crippen molar-refractivity contribution in [3.8, 4) is 0 Å². The number of aromatic carboxylic acids is 1. The number of furan rings is 1. The Bertz CT molecular complexity index is 593. The molecule has 19 heavy (non-hydrogen) atoms. The molecule has 100 valence electrons. The lowest BCUT2D eigenvalue weighted by atomic mass is 10.2. The SMILES string of the molecule is Cc1nccc(CNCc2cc(C(=O)O)c(C)o2)n1. The Hall–Kier alpha value is -2.21. The van der Waals surface area contributed by atoms with Crippen LogP contribution in [0.1, 0.15) is 33.4 Å². The van der Waals surface area contributed by atoms with Crippen LogP contribution in [0.4, 0.5) is 0 Å². The van der Waals surface area contributed by atoms with Gasteiger partial charge in [-0.25, -0.2) is 14.8 Å². The van der Waals surface area contributed by atoms with E-state index < -0.39 is 5.97 Å². The van der Waals surface area contributed by atoms with Crippen LogP contribution >= 0.6 is 0 Å². The molecule has 2 rings (SSSR count). The fourth-order valence-electron chi connectivity index (χ4n) is 1.76. The first-order valence-electron chi connectivity index (χ1n) is 5.88. The molecule has 2 N–H and O–H groups in total. The third kappa shape index (κ3) is 3.38. The van der Waals surface area contributed by atoms with Crippen LogP contribution in [-0.4, -0.2) is 21.0 Å². The Morgan fingerprint density at radius 2 is 2.21 bits per heavy atom. The second-order valence-corrected chi connectivity index (χ2v) is 4.19. The Morgan fingerprint density at radius 3 is 2.84 bits per heavy atom. The van der Waals surface area contributed by atoms with Gasteiger partial charge in [0, 0.05) is 12.7 Å². The molecule has 0 amide bonds. The summed E-state index contributed by atoms with van der Waals surface area (Å²) < 4.78 is 5.36. The molecule has 6 heteroatoms. The predicted molar refractivity (Wildman–Crippen MR) is 67.7 cm³/mol. The van der Waals surface area contributed by atoms with Gasteiger partial charge in [0.25, 0.3) is 0 Å². The number of nitrogens with one attached hydrogen (secondary N) is 1. The highest BCUT2D eigenvalue weighted by molar-refractivity contribution is 5.88. The zero-order valence-corrected chi connectivity index (χ0v) is 10.8. The van der Waals surface area contributed by atoms with Crippen LogP contribution in [0.15, 0.2) is 22.7 Å². The lowest BCUT2D eigenvalue weighted by Gasteiger charge is -2.02. The fraction of sp³-hybridized carbons (Fsp3) is 0.308. The molecule has 2 aromatic rings. The number of nitrogens with zero attached hydrogens (tertiary/aromatic N) is 2. The topological polar surface area (TPSA) is 88.2 Å². The molecule has 0 bridgehead atoms. The van der Waals surface area contributed by atoms with E-state index in [0.29, 0.717) is 24.6 Å². The number of carbonyl (C=O) groups is 1. The van der Waals surface area contributed by atoms with Gasteiger partial charge < -0.3 is 14.8 Å². The molecular formula is C13H15N3O3. The van der Waals surface area contributed by atoms with Crippen LogP contribution in [0, 0.1) is 13.8 Å². The monoisotopic (exact) mass is 261 g/mol. The molecule has 0 saturated heterocycles. The maximum atomic E-state index is 10.9. The zero-order valence-electron chi connectivity index (χ0n) is 10.8. The van der Waals surface area contributed by atoms with Gasteiger partial charge in [-0.15, -0.1) is 0 Å². The van der Waals surface area contributed by atoms with Crippen LogP contribution < -0.4 is 5.32 Å². The van der Waals surface area contributed by atoms with Gasteiger partial charge in [-0.05, 0) is 26.0 Å². The number of hydrogen-bond acceptors (Lipinski definition) is 5. The molecule has 2 aromatic heterocycles. The molecule has 0 aliphatic carbocycles. The Kier molecular flexibility index (Phi) is 3.91. The van der Waals surface area contributed by atoms with Crippen molar-refractivity contribution in [2.45, 2.75) is 26.9 Å². The third-order valence-corrected chi connectivity index (χ3v) is 2.64. The summed E-state index contributed by atoms with van der Waals surface area (Å²) in [5.74, 6) is 0.767. The van der Waals surface area contributed by atoms with E-state index >= 15 is 0 Å². The van der Waals surface area contributed by atoms with Gasteiger partial charge in [-0.1, -0.05) is 0 Å². The van der Waals surface area contributed by atoms with E-state index in [1.54, 1.807) is 13.1 Å². The van der Waals surface area contributed by atoms with E-state index in [1.807, 2.05) is 13.0 Å². The number of rotatable bonds is 5. The van der Waals surface area contributed by atoms with Crippen molar-refractivity contribution in [1.82, 2.24) is 15.3 Å². The lowest BCUT2D eigenvalue weighted by Crippen LogP contribution is -2.13. The largest absolute Gasteiger partial charge is 0.478 e. The van der Waals surface area contributed by atoms with E-state index in [0.717, 1.165) is 11.5 Å². The maximum Gasteiger partial charge on any atom is 0.339 e. The van der Waals surface area contributed by atoms with Gasteiger partial charge in [-0.2, -0.15) is 0 Å². The zero-order chi connectivity index (χ0) is 13.8. The second kappa shape index (κ2) is 5.62. The lowest BCUT2D eigenvalue weighted by molar-refractivity contribution is 0.0695. The van der Waals surface area contributed by atoms with Gasteiger partial charge in [0.05, 0.1) is 12.2 Å². The van der Waals surface area contributed by atoms with Crippen molar-refractivity contribution >= 4 is 5.97 Å². The minimum Gasteiger partial charge on any atom is -0.478 e. The molecule has 2 heterocycles. The smallest absolute Gasteiger partial charge is 0.339 e. The fourth-order valence-corrected chi connectivity index (χ4v) is 1.76. The minimum atomic E-state index is -0.973. The first-order valence-corrected chi connectivity index (χ1v) is 5.88. The Balaban J connectivity index is 1.92. The van der Waals surface area contributed by atoms with Crippen molar-refractivity contribution in [2.24, 2.45) is 0 Å². The van der Waals surface area contributed by atoms with Gasteiger partial charge in [0.2, 0.25) is 0 Å². The minimum absolute atomic E-state index is 0.203. The van der Waals surface area contributed by atoms with E-state index in [9.17, 15) is 4.79 Å². The second-order valence-electron chi connectivity index (χ2n) is 4.19. The van der Waals surface area contributed by atoms with E-state index in [-0.39, 0.29) is 5.56 Å². The number of carboxylic acid groups (broad SMARTS) is 1. The predicted octanol–water partition coefficient (Wildman–Crippen LogP) is 1.67. The molecule has 6 nitrogen and oxygen atoms in total. The van der Waals surface area contributed by atoms with E-state index in [1.165, 1.54) is 6.07 Å². The van der Waals surface area contributed by atoms with Crippen LogP contribution in [-0.2, 0) is 13.1 Å². The van der Waals surface area contributed by atoms with Crippen molar-refractivity contribution < 1.29 is 14.3 Å². The Labute approximate surface area is 110 Å². The molecule has 0 aromatic carbocycles. The first kappa shape index (κ1) is 13.2. The van der Waals surface area contributed by atoms with Crippen molar-refractivity contribution in [2.75, 3.05) is 0 Å². The van der Waals surface area contributed by atoms with Gasteiger partial charge >= 0.3 is 5.97 Å². The molecule has 0 fully saturated rings. The number of hydrogen-bond donors (Lipinski definition) is 2. The summed E-state index contributed by atoms with van der Waals surface area (Å²) in [5.41, 5.74) is 1.09. The Morgan fingerprint density at radius 1 is 1.42 bits per heavy atom. The molecule has 0 radical (unpaired) electrons. The average molecular weight is 261 g/mol. The molecule has 0 saturated carbocycles. The van der Waals surface area contributed by atoms with Gasteiger partial charge in [-0.3, -0.25) is 0 Å². The van der Waals surface area contributed by atoms with Gasteiger partial charge in [0.15, 0.2) is 0 Å². The van der Waals surface area contributed by atoms with E-state index in [4.69, 9.17) is 9.52 Å². The number of aryl methyl sites for hydroxylation is 2. The third-order valence-electron chi connectivity index (χ3n) is 2.64. The summed E-state index contributed by atoms with van der Waals surface area (Å²) in [4.78, 5) is 19.1. The standard InChI is InChI=1S/C13H15N3O3/c1-8-12(13(17)18)5-11(19-8)7-14-6-10-3-4-15-9(2)16-10/h3-5,14H,6-7H2,1-2H3,(H,17,18). The molecule has 0 aliphatic heterocycles. The van der Waals surface area contributed by atoms with Crippen LogP contribution in [0.5, 0.6) is 0 Å². The van der Waals surface area contributed by atoms with E-state index in [2.05, 4.69) is 15.3 Å². The number of aromatic nitrogens is 2. The normalized spacial score (nSPS) is 10.6. The highest BCUT2D eigenvalue weighted by Crippen LogP contribution is 2.14. The van der Waals surface area contributed by atoms with Crippen molar-refractivity contribution in [3.63, 3.8) is 0 Å². The summed E-state index contributed by atoms with van der Waals surface area (Å²) >= 11 is 0. The van der Waals surface area contributed by atoms with Crippen LogP contribution in [0.3, 0.4) is 0 Å². The quantitative estimate of drug-likeness (QED) is 0.851. The summed E-state index contributed by atoms with van der Waals surface area (Å²) in [6.45, 7) is 4.50. The van der Waals surface area contributed by atoms with Crippen LogP contribution in [0.25, 0.3) is 0 Å². The molecule has 0 atom stereocenters. The molecular weight excluding hydrogens is 246 g/mol. The molecule has 0 aliphatic rings.